The number of imide groups is 1. The second-order valence-electron chi connectivity index (χ2n) is 8.37. The van der Waals surface area contributed by atoms with Crippen molar-refractivity contribution in [2.24, 2.45) is 0 Å². The first-order valence-electron chi connectivity index (χ1n) is 10.7. The Balaban J connectivity index is 1.47. The second kappa shape index (κ2) is 9.15. The summed E-state index contributed by atoms with van der Waals surface area (Å²) in [5.41, 5.74) is 3.45. The summed E-state index contributed by atoms with van der Waals surface area (Å²) in [4.78, 5) is 36.3. The molecule has 4 amide bonds. The van der Waals surface area contributed by atoms with E-state index in [-0.39, 0.29) is 5.91 Å². The van der Waals surface area contributed by atoms with Crippen LogP contribution >= 0.6 is 11.6 Å². The molecule has 2 aromatic carbocycles. The summed E-state index contributed by atoms with van der Waals surface area (Å²) in [6.07, 6.45) is 3.01. The van der Waals surface area contributed by atoms with Gasteiger partial charge in [0.2, 0.25) is 5.91 Å². The quantitative estimate of drug-likeness (QED) is 0.369. The van der Waals surface area contributed by atoms with E-state index in [4.69, 9.17) is 11.6 Å². The first-order chi connectivity index (χ1) is 16.2. The van der Waals surface area contributed by atoms with Crippen LogP contribution in [0.1, 0.15) is 34.9 Å². The minimum absolute atomic E-state index is 0.371. The van der Waals surface area contributed by atoms with Crippen LogP contribution in [0, 0.1) is 13.8 Å². The molecular formula is C25H24ClN5O3. The third-order valence-corrected chi connectivity index (χ3v) is 6.11. The number of hydrogen-bond acceptors (Lipinski definition) is 4. The van der Waals surface area contributed by atoms with Crippen LogP contribution in [0.2, 0.25) is 5.15 Å². The number of urea groups is 1. The SMILES string of the molecule is Cc1ccc(Cn2nc(C)c(/C=C/C(=O)Nc3cccc(C4(C)NC(=O)NC4=O)c3)c2Cl)cc1. The molecule has 0 spiro atoms. The van der Waals surface area contributed by atoms with Crippen LogP contribution in [-0.4, -0.2) is 27.6 Å². The monoisotopic (exact) mass is 477 g/mol. The van der Waals surface area contributed by atoms with E-state index >= 15 is 0 Å². The number of aryl methyl sites for hydroxylation is 2. The Morgan fingerprint density at radius 1 is 1.18 bits per heavy atom. The van der Waals surface area contributed by atoms with E-state index in [9.17, 15) is 14.4 Å². The molecule has 0 aliphatic carbocycles. The fourth-order valence-electron chi connectivity index (χ4n) is 3.73. The fourth-order valence-corrected chi connectivity index (χ4v) is 4.02. The molecule has 1 unspecified atom stereocenters. The van der Waals surface area contributed by atoms with E-state index in [0.717, 1.165) is 5.56 Å². The lowest BCUT2D eigenvalue weighted by atomic mass is 9.92. The van der Waals surface area contributed by atoms with E-state index in [0.29, 0.717) is 34.2 Å². The van der Waals surface area contributed by atoms with Gasteiger partial charge in [0.25, 0.3) is 5.91 Å². The molecule has 1 aliphatic rings. The maximum Gasteiger partial charge on any atom is 0.322 e. The largest absolute Gasteiger partial charge is 0.323 e. The van der Waals surface area contributed by atoms with Gasteiger partial charge in [-0.2, -0.15) is 5.10 Å². The average molecular weight is 478 g/mol. The Labute approximate surface area is 202 Å². The van der Waals surface area contributed by atoms with Gasteiger partial charge in [0, 0.05) is 17.3 Å². The molecule has 0 saturated carbocycles. The highest BCUT2D eigenvalue weighted by Gasteiger charge is 2.43. The molecule has 3 N–H and O–H groups in total. The number of benzene rings is 2. The Morgan fingerprint density at radius 3 is 2.59 bits per heavy atom. The van der Waals surface area contributed by atoms with Crippen LogP contribution in [0.15, 0.2) is 54.6 Å². The van der Waals surface area contributed by atoms with Crippen LogP contribution in [0.5, 0.6) is 0 Å². The van der Waals surface area contributed by atoms with Crippen molar-refractivity contribution >= 4 is 41.2 Å². The van der Waals surface area contributed by atoms with E-state index in [2.05, 4.69) is 21.0 Å². The van der Waals surface area contributed by atoms with Gasteiger partial charge in [0.15, 0.2) is 0 Å². The highest BCUT2D eigenvalue weighted by molar-refractivity contribution is 6.31. The molecular weight excluding hydrogens is 454 g/mol. The van der Waals surface area contributed by atoms with Crippen molar-refractivity contribution in [3.05, 3.63) is 87.7 Å². The normalized spacial score (nSPS) is 17.6. The summed E-state index contributed by atoms with van der Waals surface area (Å²) in [5.74, 6) is -0.822. The molecule has 1 aromatic heterocycles. The van der Waals surface area contributed by atoms with Gasteiger partial charge < -0.3 is 10.6 Å². The van der Waals surface area contributed by atoms with Crippen molar-refractivity contribution in [1.82, 2.24) is 20.4 Å². The third kappa shape index (κ3) is 4.72. The standard InChI is InChI=1S/C25H24ClN5O3/c1-15-7-9-17(10-8-15)14-31-22(26)20(16(2)30-31)11-12-21(32)27-19-6-4-5-18(13-19)25(3)23(33)28-24(34)29-25/h4-13H,14H2,1-3H3,(H,27,32)(H2,28,29,33,34)/b12-11+. The van der Waals surface area contributed by atoms with Crippen molar-refractivity contribution in [3.8, 4) is 0 Å². The summed E-state index contributed by atoms with van der Waals surface area (Å²) in [7, 11) is 0. The molecule has 1 fully saturated rings. The summed E-state index contributed by atoms with van der Waals surface area (Å²) < 4.78 is 1.70. The molecule has 1 saturated heterocycles. The molecule has 0 radical (unpaired) electrons. The number of halogens is 1. The van der Waals surface area contributed by atoms with Gasteiger partial charge in [-0.3, -0.25) is 14.9 Å². The Hall–Kier alpha value is -3.91. The molecule has 9 heteroatoms. The zero-order valence-electron chi connectivity index (χ0n) is 19.0. The van der Waals surface area contributed by atoms with Crippen molar-refractivity contribution in [2.45, 2.75) is 32.9 Å². The van der Waals surface area contributed by atoms with Gasteiger partial charge >= 0.3 is 6.03 Å². The molecule has 0 bridgehead atoms. The highest BCUT2D eigenvalue weighted by atomic mass is 35.5. The number of hydrogen-bond donors (Lipinski definition) is 3. The number of nitrogens with one attached hydrogen (secondary N) is 3. The minimum atomic E-state index is -1.20. The van der Waals surface area contributed by atoms with Crippen LogP contribution < -0.4 is 16.0 Å². The molecule has 174 valence electrons. The molecule has 3 aromatic rings. The highest BCUT2D eigenvalue weighted by Crippen LogP contribution is 2.27. The number of nitrogens with zero attached hydrogens (tertiary/aromatic N) is 2. The Bertz CT molecular complexity index is 1310. The summed E-state index contributed by atoms with van der Waals surface area (Å²) in [6.45, 7) is 5.99. The number of amides is 4. The molecule has 34 heavy (non-hydrogen) atoms. The van der Waals surface area contributed by atoms with E-state index in [1.807, 2.05) is 38.1 Å². The van der Waals surface area contributed by atoms with Crippen molar-refractivity contribution < 1.29 is 14.4 Å². The smallest absolute Gasteiger partial charge is 0.322 e. The first kappa shape index (κ1) is 23.3. The zero-order valence-corrected chi connectivity index (χ0v) is 19.7. The van der Waals surface area contributed by atoms with Gasteiger partial charge in [0.1, 0.15) is 10.7 Å². The van der Waals surface area contributed by atoms with Crippen LogP contribution in [-0.2, 0) is 21.7 Å². The van der Waals surface area contributed by atoms with Crippen LogP contribution in [0.4, 0.5) is 10.5 Å². The van der Waals surface area contributed by atoms with Crippen molar-refractivity contribution in [3.63, 3.8) is 0 Å². The molecule has 1 aliphatic heterocycles. The lowest BCUT2D eigenvalue weighted by Gasteiger charge is -2.21. The Morgan fingerprint density at radius 2 is 1.91 bits per heavy atom. The molecule has 4 rings (SSSR count). The third-order valence-electron chi connectivity index (χ3n) is 5.72. The van der Waals surface area contributed by atoms with Crippen molar-refractivity contribution in [1.29, 1.82) is 0 Å². The van der Waals surface area contributed by atoms with Gasteiger partial charge in [0.05, 0.1) is 12.2 Å². The minimum Gasteiger partial charge on any atom is -0.323 e. The maximum atomic E-state index is 12.5. The zero-order chi connectivity index (χ0) is 24.5. The lowest BCUT2D eigenvalue weighted by Crippen LogP contribution is -2.40. The van der Waals surface area contributed by atoms with E-state index in [1.165, 1.54) is 11.6 Å². The number of anilines is 1. The van der Waals surface area contributed by atoms with Gasteiger partial charge in [-0.15, -0.1) is 0 Å². The van der Waals surface area contributed by atoms with Gasteiger partial charge in [-0.05, 0) is 50.1 Å². The van der Waals surface area contributed by atoms with Crippen molar-refractivity contribution in [2.75, 3.05) is 5.32 Å². The summed E-state index contributed by atoms with van der Waals surface area (Å²) in [5, 5.41) is 12.5. The summed E-state index contributed by atoms with van der Waals surface area (Å²) >= 11 is 6.53. The summed E-state index contributed by atoms with van der Waals surface area (Å²) in [6, 6.07) is 14.3. The molecule has 8 nitrogen and oxygen atoms in total. The van der Waals surface area contributed by atoms with Gasteiger partial charge in [-0.1, -0.05) is 53.6 Å². The topological polar surface area (TPSA) is 105 Å². The predicted octanol–water partition coefficient (Wildman–Crippen LogP) is 3.91. The van der Waals surface area contributed by atoms with Crippen LogP contribution in [0.3, 0.4) is 0 Å². The number of carbonyl (C=O) groups is 3. The number of carbonyl (C=O) groups excluding carboxylic acids is 3. The van der Waals surface area contributed by atoms with E-state index < -0.39 is 17.5 Å². The second-order valence-corrected chi connectivity index (χ2v) is 8.73. The predicted molar refractivity (Wildman–Crippen MR) is 130 cm³/mol. The number of rotatable bonds is 6. The molecule has 1 atom stereocenters. The Kier molecular flexibility index (Phi) is 6.26. The number of aromatic nitrogens is 2. The average Bonchev–Trinajstić information content (AvgIpc) is 3.21. The fraction of sp³-hybridized carbons (Fsp3) is 0.200. The van der Waals surface area contributed by atoms with Crippen LogP contribution in [0.25, 0.3) is 6.08 Å². The van der Waals surface area contributed by atoms with E-state index in [1.54, 1.807) is 41.9 Å². The van der Waals surface area contributed by atoms with Gasteiger partial charge in [-0.25, -0.2) is 9.48 Å². The first-order valence-corrected chi connectivity index (χ1v) is 11.0. The molecule has 2 heterocycles. The lowest BCUT2D eigenvalue weighted by molar-refractivity contribution is -0.123. The maximum absolute atomic E-state index is 12.5.